The highest BCUT2D eigenvalue weighted by Gasteiger charge is 2.02. The zero-order valence-electron chi connectivity index (χ0n) is 9.65. The number of alkyl halides is 1. The smallest absolute Gasteiger partial charge is 0.258 e. The van der Waals surface area contributed by atoms with Crippen molar-refractivity contribution in [3.05, 3.63) is 40.8 Å². The Hall–Kier alpha value is -1.29. The van der Waals surface area contributed by atoms with Gasteiger partial charge in [0.25, 0.3) is 5.56 Å². The maximum absolute atomic E-state index is 11.9. The first-order valence-corrected chi connectivity index (χ1v) is 6.62. The van der Waals surface area contributed by atoms with Crippen LogP contribution in [-0.4, -0.2) is 16.5 Å². The quantitative estimate of drug-likeness (QED) is 0.641. The lowest BCUT2D eigenvalue weighted by atomic mass is 10.1. The van der Waals surface area contributed by atoms with Gasteiger partial charge in [-0.25, -0.2) is 0 Å². The summed E-state index contributed by atoms with van der Waals surface area (Å²) >= 11 is 3.35. The van der Waals surface area contributed by atoms with E-state index >= 15 is 0 Å². The summed E-state index contributed by atoms with van der Waals surface area (Å²) in [5.74, 6) is 0.752. The number of rotatable bonds is 4. The summed E-state index contributed by atoms with van der Waals surface area (Å²) in [6.07, 6.45) is 2.72. The molecule has 1 heterocycles. The molecule has 90 valence electrons. The molecule has 0 aliphatic carbocycles. The highest BCUT2D eigenvalue weighted by Crippen LogP contribution is 2.18. The van der Waals surface area contributed by atoms with E-state index in [-0.39, 0.29) is 5.56 Å². The van der Waals surface area contributed by atoms with Gasteiger partial charge in [-0.3, -0.25) is 4.79 Å². The highest BCUT2D eigenvalue weighted by molar-refractivity contribution is 9.09. The molecule has 0 bridgehead atoms. The molecule has 3 nitrogen and oxygen atoms in total. The molecule has 2 aromatic rings. The van der Waals surface area contributed by atoms with Gasteiger partial charge < -0.3 is 9.30 Å². The topological polar surface area (TPSA) is 31.2 Å². The minimum atomic E-state index is 0.00782. The number of benzene rings is 1. The molecule has 0 fully saturated rings. The van der Waals surface area contributed by atoms with Crippen LogP contribution in [0.15, 0.2) is 35.3 Å². The maximum Gasteiger partial charge on any atom is 0.258 e. The summed E-state index contributed by atoms with van der Waals surface area (Å²) in [4.78, 5) is 11.9. The Morgan fingerprint density at radius 1 is 1.35 bits per heavy atom. The lowest BCUT2D eigenvalue weighted by molar-refractivity contribution is 0.319. The van der Waals surface area contributed by atoms with Crippen LogP contribution in [0.3, 0.4) is 0 Å². The summed E-state index contributed by atoms with van der Waals surface area (Å²) < 4.78 is 7.15. The predicted octanol–water partition coefficient (Wildman–Crippen LogP) is 2.70. The molecule has 4 heteroatoms. The van der Waals surface area contributed by atoms with Crippen molar-refractivity contribution in [3.8, 4) is 5.75 Å². The second-order valence-corrected chi connectivity index (χ2v) is 4.66. The average Bonchev–Trinajstić information content (AvgIpc) is 2.35. The molecule has 0 aliphatic heterocycles. The van der Waals surface area contributed by atoms with E-state index in [1.807, 2.05) is 24.3 Å². The van der Waals surface area contributed by atoms with Crippen LogP contribution in [-0.2, 0) is 7.05 Å². The zero-order valence-corrected chi connectivity index (χ0v) is 11.2. The summed E-state index contributed by atoms with van der Waals surface area (Å²) in [7, 11) is 1.75. The summed E-state index contributed by atoms with van der Waals surface area (Å²) in [6, 6.07) is 7.56. The molecule has 1 aromatic carbocycles. The number of ether oxygens (including phenoxy) is 1. The molecular weight excluding hydrogens is 282 g/mol. The van der Waals surface area contributed by atoms with Crippen molar-refractivity contribution in [2.45, 2.75) is 6.42 Å². The molecular formula is C13H14BrNO2. The van der Waals surface area contributed by atoms with Crippen molar-refractivity contribution in [2.75, 3.05) is 11.9 Å². The number of aryl methyl sites for hydroxylation is 1. The van der Waals surface area contributed by atoms with E-state index in [0.29, 0.717) is 12.0 Å². The molecule has 0 saturated heterocycles. The lowest BCUT2D eigenvalue weighted by Crippen LogP contribution is -2.15. The minimum Gasteiger partial charge on any atom is -0.494 e. The first-order valence-electron chi connectivity index (χ1n) is 5.50. The normalized spacial score (nSPS) is 10.7. The fourth-order valence-electron chi connectivity index (χ4n) is 1.65. The number of fused-ring (bicyclic) bond motifs is 1. The standard InChI is InChI=1S/C13H14BrNO2/c1-15-7-5-10-3-4-11(17-8-2-6-14)9-12(10)13(15)16/h3-5,7,9H,2,6,8H2,1H3. The summed E-state index contributed by atoms with van der Waals surface area (Å²) in [5.41, 5.74) is 0.00782. The molecule has 0 atom stereocenters. The Kier molecular flexibility index (Phi) is 3.84. The van der Waals surface area contributed by atoms with Crippen LogP contribution >= 0.6 is 15.9 Å². The minimum absolute atomic E-state index is 0.00782. The van der Waals surface area contributed by atoms with Gasteiger partial charge in [0.15, 0.2) is 0 Å². The SMILES string of the molecule is Cn1ccc2ccc(OCCCBr)cc2c1=O. The Morgan fingerprint density at radius 3 is 2.94 bits per heavy atom. The largest absolute Gasteiger partial charge is 0.494 e. The molecule has 0 saturated carbocycles. The van der Waals surface area contributed by atoms with E-state index in [4.69, 9.17) is 4.74 Å². The van der Waals surface area contributed by atoms with E-state index in [1.54, 1.807) is 17.8 Å². The molecule has 0 spiro atoms. The molecule has 0 aliphatic rings. The van der Waals surface area contributed by atoms with Gasteiger partial charge in [-0.05, 0) is 30.0 Å². The van der Waals surface area contributed by atoms with E-state index in [0.717, 1.165) is 22.9 Å². The Morgan fingerprint density at radius 2 is 2.18 bits per heavy atom. The van der Waals surface area contributed by atoms with Gasteiger partial charge in [0.2, 0.25) is 0 Å². The van der Waals surface area contributed by atoms with Crippen LogP contribution in [0.2, 0.25) is 0 Å². The van der Waals surface area contributed by atoms with Gasteiger partial charge in [0, 0.05) is 18.6 Å². The fourth-order valence-corrected chi connectivity index (χ4v) is 1.88. The molecule has 0 radical (unpaired) electrons. The van der Waals surface area contributed by atoms with Crippen LogP contribution in [0.25, 0.3) is 10.8 Å². The molecule has 0 amide bonds. The van der Waals surface area contributed by atoms with Gasteiger partial charge in [-0.2, -0.15) is 0 Å². The number of pyridine rings is 1. The van der Waals surface area contributed by atoms with Gasteiger partial charge in [0.05, 0.1) is 12.0 Å². The second-order valence-electron chi connectivity index (χ2n) is 3.87. The number of halogens is 1. The number of aromatic nitrogens is 1. The van der Waals surface area contributed by atoms with Gasteiger partial charge in [-0.1, -0.05) is 22.0 Å². The van der Waals surface area contributed by atoms with E-state index in [9.17, 15) is 4.79 Å². The first-order chi connectivity index (χ1) is 8.22. The van der Waals surface area contributed by atoms with Gasteiger partial charge in [-0.15, -0.1) is 0 Å². The Balaban J connectivity index is 2.35. The average molecular weight is 296 g/mol. The van der Waals surface area contributed by atoms with Gasteiger partial charge in [0.1, 0.15) is 5.75 Å². The van der Waals surface area contributed by atoms with Crippen molar-refractivity contribution in [1.82, 2.24) is 4.57 Å². The molecule has 2 rings (SSSR count). The van der Waals surface area contributed by atoms with E-state index in [1.165, 1.54) is 0 Å². The van der Waals surface area contributed by atoms with Crippen LogP contribution < -0.4 is 10.3 Å². The molecule has 17 heavy (non-hydrogen) atoms. The molecule has 1 aromatic heterocycles. The first kappa shape index (κ1) is 12.2. The van der Waals surface area contributed by atoms with Crippen LogP contribution in [0.4, 0.5) is 0 Å². The van der Waals surface area contributed by atoms with E-state index in [2.05, 4.69) is 15.9 Å². The van der Waals surface area contributed by atoms with E-state index < -0.39 is 0 Å². The van der Waals surface area contributed by atoms with Crippen LogP contribution in [0, 0.1) is 0 Å². The number of hydrogen-bond donors (Lipinski definition) is 0. The third-order valence-electron chi connectivity index (χ3n) is 2.60. The predicted molar refractivity (Wildman–Crippen MR) is 73.1 cm³/mol. The van der Waals surface area contributed by atoms with Crippen molar-refractivity contribution >= 4 is 26.7 Å². The third kappa shape index (κ3) is 2.69. The van der Waals surface area contributed by atoms with Gasteiger partial charge >= 0.3 is 0 Å². The maximum atomic E-state index is 11.9. The Bertz CT molecular complexity index is 577. The van der Waals surface area contributed by atoms with Crippen LogP contribution in [0.1, 0.15) is 6.42 Å². The van der Waals surface area contributed by atoms with Crippen molar-refractivity contribution < 1.29 is 4.74 Å². The third-order valence-corrected chi connectivity index (χ3v) is 3.16. The monoisotopic (exact) mass is 295 g/mol. The molecule has 0 N–H and O–H groups in total. The highest BCUT2D eigenvalue weighted by atomic mass is 79.9. The second kappa shape index (κ2) is 5.36. The van der Waals surface area contributed by atoms with Crippen LogP contribution in [0.5, 0.6) is 5.75 Å². The lowest BCUT2D eigenvalue weighted by Gasteiger charge is -2.06. The Labute approximate surface area is 108 Å². The molecule has 0 unspecified atom stereocenters. The number of hydrogen-bond acceptors (Lipinski definition) is 2. The fraction of sp³-hybridized carbons (Fsp3) is 0.308. The zero-order chi connectivity index (χ0) is 12.3. The summed E-state index contributed by atoms with van der Waals surface area (Å²) in [6.45, 7) is 0.657. The van der Waals surface area contributed by atoms with Crippen molar-refractivity contribution in [1.29, 1.82) is 0 Å². The van der Waals surface area contributed by atoms with Crippen molar-refractivity contribution in [3.63, 3.8) is 0 Å². The number of nitrogens with zero attached hydrogens (tertiary/aromatic N) is 1. The summed E-state index contributed by atoms with van der Waals surface area (Å²) in [5, 5.41) is 2.56. The van der Waals surface area contributed by atoms with Crippen molar-refractivity contribution in [2.24, 2.45) is 7.05 Å².